The zero-order valence-electron chi connectivity index (χ0n) is 22.6. The lowest BCUT2D eigenvalue weighted by molar-refractivity contribution is 0.664. The van der Waals surface area contributed by atoms with E-state index in [-0.39, 0.29) is 5.41 Å². The first kappa shape index (κ1) is 23.7. The summed E-state index contributed by atoms with van der Waals surface area (Å²) in [5, 5.41) is 0. The molecule has 0 heteroatoms. The van der Waals surface area contributed by atoms with Gasteiger partial charge in [-0.1, -0.05) is 136 Å². The number of hydrogen-bond acceptors (Lipinski definition) is 0. The summed E-state index contributed by atoms with van der Waals surface area (Å²) in [6.07, 6.45) is 4.30. The van der Waals surface area contributed by atoms with Crippen molar-refractivity contribution >= 4 is 11.1 Å². The van der Waals surface area contributed by atoms with Crippen LogP contribution < -0.4 is 0 Å². The van der Waals surface area contributed by atoms with Gasteiger partial charge in [0, 0.05) is 5.41 Å². The summed E-state index contributed by atoms with van der Waals surface area (Å²) in [5.41, 5.74) is 17.5. The van der Waals surface area contributed by atoms with Crippen molar-refractivity contribution in [3.8, 4) is 22.3 Å². The Kier molecular flexibility index (Phi) is 6.00. The van der Waals surface area contributed by atoms with Crippen LogP contribution in [0.4, 0.5) is 0 Å². The molecule has 0 radical (unpaired) electrons. The Hall–Kier alpha value is -3.64. The van der Waals surface area contributed by atoms with Crippen LogP contribution in [0.3, 0.4) is 0 Å². The van der Waals surface area contributed by atoms with Crippen LogP contribution in [-0.4, -0.2) is 0 Å². The highest BCUT2D eigenvalue weighted by atomic mass is 14.4. The van der Waals surface area contributed by atoms with E-state index in [4.69, 9.17) is 0 Å². The molecule has 0 aliphatic heterocycles. The third-order valence-corrected chi connectivity index (χ3v) is 8.59. The van der Waals surface area contributed by atoms with Gasteiger partial charge in [0.05, 0.1) is 0 Å². The highest BCUT2D eigenvalue weighted by Crippen LogP contribution is 2.58. The molecule has 0 nitrogen and oxygen atoms in total. The average molecular weight is 481 g/mol. The molecule has 0 aromatic heterocycles. The molecular formula is C37H36. The minimum Gasteiger partial charge on any atom is -0.0622 e. The van der Waals surface area contributed by atoms with Gasteiger partial charge in [0.25, 0.3) is 0 Å². The van der Waals surface area contributed by atoms with Gasteiger partial charge in [0.2, 0.25) is 0 Å². The van der Waals surface area contributed by atoms with E-state index in [9.17, 15) is 0 Å². The van der Waals surface area contributed by atoms with Gasteiger partial charge >= 0.3 is 0 Å². The van der Waals surface area contributed by atoms with E-state index < -0.39 is 0 Å². The molecule has 0 saturated carbocycles. The molecule has 184 valence electrons. The van der Waals surface area contributed by atoms with E-state index in [1.165, 1.54) is 44.5 Å². The molecule has 4 aromatic rings. The molecule has 0 unspecified atom stereocenters. The van der Waals surface area contributed by atoms with Crippen molar-refractivity contribution in [2.75, 3.05) is 0 Å². The minimum atomic E-state index is -0.108. The summed E-state index contributed by atoms with van der Waals surface area (Å²) >= 11 is 0. The monoisotopic (exact) mass is 480 g/mol. The predicted octanol–water partition coefficient (Wildman–Crippen LogP) is 10.2. The first-order valence-corrected chi connectivity index (χ1v) is 13.8. The van der Waals surface area contributed by atoms with Crippen LogP contribution in [0.5, 0.6) is 0 Å². The van der Waals surface area contributed by atoms with Crippen LogP contribution in [0.1, 0.15) is 62.8 Å². The summed E-state index contributed by atoms with van der Waals surface area (Å²) in [4.78, 5) is 0. The number of allylic oxidation sites excluding steroid dienone is 4. The zero-order valence-corrected chi connectivity index (χ0v) is 22.6. The largest absolute Gasteiger partial charge is 0.0622 e. The number of benzene rings is 4. The SMILES string of the molecule is CCC1=C(C(C)(C)C2=C(CC)Cc3cccc(-c4ccccc4)c32)c2c(cccc2-c2ccccc2)C1. The van der Waals surface area contributed by atoms with E-state index in [1.54, 1.807) is 22.3 Å². The van der Waals surface area contributed by atoms with E-state index >= 15 is 0 Å². The Morgan fingerprint density at radius 3 is 1.30 bits per heavy atom. The summed E-state index contributed by atoms with van der Waals surface area (Å²) in [6.45, 7) is 9.67. The Morgan fingerprint density at radius 1 is 0.514 bits per heavy atom. The molecule has 0 atom stereocenters. The number of hydrogen-bond donors (Lipinski definition) is 0. The molecule has 0 N–H and O–H groups in total. The lowest BCUT2D eigenvalue weighted by atomic mass is 9.69. The Labute approximate surface area is 222 Å². The van der Waals surface area contributed by atoms with Crippen molar-refractivity contribution in [3.63, 3.8) is 0 Å². The minimum absolute atomic E-state index is 0.108. The van der Waals surface area contributed by atoms with Gasteiger partial charge in [-0.2, -0.15) is 0 Å². The van der Waals surface area contributed by atoms with E-state index in [1.807, 2.05) is 0 Å². The first-order chi connectivity index (χ1) is 18.0. The van der Waals surface area contributed by atoms with Crippen LogP contribution in [0.25, 0.3) is 33.4 Å². The predicted molar refractivity (Wildman–Crippen MR) is 159 cm³/mol. The number of rotatable bonds is 6. The van der Waals surface area contributed by atoms with Gasteiger partial charge in [-0.25, -0.2) is 0 Å². The van der Waals surface area contributed by atoms with Gasteiger partial charge in [0.1, 0.15) is 0 Å². The lowest BCUT2D eigenvalue weighted by Gasteiger charge is -2.34. The van der Waals surface area contributed by atoms with Crippen LogP contribution in [-0.2, 0) is 12.8 Å². The summed E-state index contributed by atoms with van der Waals surface area (Å²) in [6, 6.07) is 35.8. The molecular weight excluding hydrogens is 444 g/mol. The maximum atomic E-state index is 2.50. The standard InChI is InChI=1S/C37H36/c1-5-25-23-29-19-13-21-31(27-15-9-7-10-16-27)33(29)35(25)37(3,4)36-26(6-2)24-30-20-14-22-32(34(30)36)28-17-11-8-12-18-28/h7-22H,5-6,23-24H2,1-4H3. The van der Waals surface area contributed by atoms with Crippen molar-refractivity contribution < 1.29 is 0 Å². The molecule has 0 fully saturated rings. The Morgan fingerprint density at radius 2 is 0.919 bits per heavy atom. The maximum Gasteiger partial charge on any atom is 0.0158 e. The van der Waals surface area contributed by atoms with Crippen LogP contribution in [0.2, 0.25) is 0 Å². The molecule has 6 rings (SSSR count). The third-order valence-electron chi connectivity index (χ3n) is 8.59. The zero-order chi connectivity index (χ0) is 25.6. The average Bonchev–Trinajstić information content (AvgIpc) is 3.53. The molecule has 0 saturated heterocycles. The molecule has 37 heavy (non-hydrogen) atoms. The van der Waals surface area contributed by atoms with Gasteiger partial charge in [-0.15, -0.1) is 0 Å². The second-order valence-corrected chi connectivity index (χ2v) is 11.1. The van der Waals surface area contributed by atoms with Crippen molar-refractivity contribution in [1.29, 1.82) is 0 Å². The van der Waals surface area contributed by atoms with Gasteiger partial charge in [-0.3, -0.25) is 0 Å². The van der Waals surface area contributed by atoms with Gasteiger partial charge in [0.15, 0.2) is 0 Å². The maximum absolute atomic E-state index is 2.50. The van der Waals surface area contributed by atoms with Gasteiger partial charge in [-0.05, 0) is 81.3 Å². The molecule has 2 aliphatic rings. The fourth-order valence-electron chi connectivity index (χ4n) is 7.03. The van der Waals surface area contributed by atoms with E-state index in [2.05, 4.69) is 125 Å². The molecule has 0 spiro atoms. The van der Waals surface area contributed by atoms with Crippen molar-refractivity contribution in [2.24, 2.45) is 5.41 Å². The lowest BCUT2D eigenvalue weighted by Crippen LogP contribution is -2.18. The molecule has 4 aromatic carbocycles. The topological polar surface area (TPSA) is 0 Å². The highest BCUT2D eigenvalue weighted by Gasteiger charge is 2.41. The summed E-state index contributed by atoms with van der Waals surface area (Å²) in [7, 11) is 0. The molecule has 0 bridgehead atoms. The van der Waals surface area contributed by atoms with E-state index in [0.717, 1.165) is 25.7 Å². The van der Waals surface area contributed by atoms with Crippen molar-refractivity contribution in [2.45, 2.75) is 53.4 Å². The second kappa shape index (κ2) is 9.34. The second-order valence-electron chi connectivity index (χ2n) is 11.1. The summed E-state index contributed by atoms with van der Waals surface area (Å²) < 4.78 is 0. The first-order valence-electron chi connectivity index (χ1n) is 13.8. The quantitative estimate of drug-likeness (QED) is 0.257. The normalized spacial score (nSPS) is 14.8. The Balaban J connectivity index is 1.60. The summed E-state index contributed by atoms with van der Waals surface area (Å²) in [5.74, 6) is 0. The third kappa shape index (κ3) is 3.82. The molecule has 0 heterocycles. The Bertz CT molecular complexity index is 1410. The fraction of sp³-hybridized carbons (Fsp3) is 0.243. The van der Waals surface area contributed by atoms with Crippen LogP contribution in [0.15, 0.2) is 108 Å². The molecule has 2 aliphatic carbocycles. The van der Waals surface area contributed by atoms with Crippen LogP contribution in [0, 0.1) is 5.41 Å². The fourth-order valence-corrected chi connectivity index (χ4v) is 7.03. The molecule has 0 amide bonds. The highest BCUT2D eigenvalue weighted by molar-refractivity contribution is 6.00. The van der Waals surface area contributed by atoms with Crippen LogP contribution >= 0.6 is 0 Å². The van der Waals surface area contributed by atoms with Gasteiger partial charge < -0.3 is 0 Å². The smallest absolute Gasteiger partial charge is 0.0158 e. The van der Waals surface area contributed by atoms with Crippen molar-refractivity contribution in [3.05, 3.63) is 130 Å². The van der Waals surface area contributed by atoms with Crippen molar-refractivity contribution in [1.82, 2.24) is 0 Å². The number of fused-ring (bicyclic) bond motifs is 2. The van der Waals surface area contributed by atoms with E-state index in [0.29, 0.717) is 0 Å².